The van der Waals surface area contributed by atoms with Gasteiger partial charge in [-0.15, -0.1) is 0 Å². The quantitative estimate of drug-likeness (QED) is 0.682. The number of rotatable bonds is 4. The van der Waals surface area contributed by atoms with Gasteiger partial charge in [0.25, 0.3) is 11.8 Å². The first-order valence-corrected chi connectivity index (χ1v) is 9.69. The van der Waals surface area contributed by atoms with Crippen molar-refractivity contribution in [2.75, 3.05) is 0 Å². The summed E-state index contributed by atoms with van der Waals surface area (Å²) in [5.41, 5.74) is 0.248. The Morgan fingerprint density at radius 2 is 2.00 bits per heavy atom. The lowest BCUT2D eigenvalue weighted by atomic mass is 10.0. The molecule has 1 unspecified atom stereocenters. The molecule has 1 saturated heterocycles. The molecule has 1 aromatic heterocycles. The molecular weight excluding hydrogens is 431 g/mol. The molecule has 32 heavy (non-hydrogen) atoms. The number of carbonyl (C=O) groups excluding carboxylic acids is 4. The maximum absolute atomic E-state index is 13.5. The minimum absolute atomic E-state index is 0.00447. The van der Waals surface area contributed by atoms with E-state index in [9.17, 15) is 32.3 Å². The predicted octanol–water partition coefficient (Wildman–Crippen LogP) is 1.21. The molecular formula is C20H18F3N5O4. The Bertz CT molecular complexity index is 1130. The van der Waals surface area contributed by atoms with Crippen LogP contribution in [0.3, 0.4) is 0 Å². The number of halogens is 3. The number of alkyl halides is 3. The number of aryl methyl sites for hydroxylation is 1. The van der Waals surface area contributed by atoms with E-state index in [0.29, 0.717) is 5.56 Å². The van der Waals surface area contributed by atoms with Gasteiger partial charge in [-0.25, -0.2) is 0 Å². The third kappa shape index (κ3) is 3.95. The summed E-state index contributed by atoms with van der Waals surface area (Å²) < 4.78 is 41.7. The van der Waals surface area contributed by atoms with Crippen LogP contribution < -0.4 is 10.6 Å². The Balaban J connectivity index is 1.54. The van der Waals surface area contributed by atoms with Crippen molar-refractivity contribution in [3.05, 3.63) is 52.8 Å². The number of aromatic nitrogens is 2. The van der Waals surface area contributed by atoms with Crippen molar-refractivity contribution >= 4 is 23.6 Å². The standard InChI is InChI=1S/C20H18F3N5O4/c1-27-7-6-13(26-27)16(20(21,22)23)25-17(30)10-2-3-12-11(8-10)9-28(19(12)32)14-4-5-15(29)24-18(14)31/h2-3,6-8,14,16H,4-5,9H2,1H3,(H,25,30)(H,24,29,31)/t14?,16-/m1/s1. The van der Waals surface area contributed by atoms with Crippen molar-refractivity contribution in [1.82, 2.24) is 25.3 Å². The molecule has 2 atom stereocenters. The Hall–Kier alpha value is -3.70. The molecule has 0 aliphatic carbocycles. The third-order valence-corrected chi connectivity index (χ3v) is 5.42. The van der Waals surface area contributed by atoms with E-state index in [1.165, 1.54) is 41.0 Å². The van der Waals surface area contributed by atoms with Gasteiger partial charge in [-0.3, -0.25) is 29.2 Å². The molecule has 2 aliphatic rings. The van der Waals surface area contributed by atoms with Crippen LogP contribution in [0, 0.1) is 0 Å². The van der Waals surface area contributed by atoms with E-state index in [1.807, 2.05) is 5.32 Å². The van der Waals surface area contributed by atoms with Gasteiger partial charge in [0.05, 0.1) is 5.69 Å². The number of imide groups is 1. The van der Waals surface area contributed by atoms with Gasteiger partial charge in [-0.1, -0.05) is 0 Å². The summed E-state index contributed by atoms with van der Waals surface area (Å²) in [6.07, 6.45) is -3.16. The van der Waals surface area contributed by atoms with Gasteiger partial charge in [-0.05, 0) is 36.2 Å². The van der Waals surface area contributed by atoms with Crippen LogP contribution in [-0.4, -0.2) is 50.5 Å². The van der Waals surface area contributed by atoms with Gasteiger partial charge in [0.2, 0.25) is 11.8 Å². The molecule has 168 valence electrons. The van der Waals surface area contributed by atoms with Gasteiger partial charge >= 0.3 is 6.18 Å². The van der Waals surface area contributed by atoms with Gasteiger partial charge in [0.1, 0.15) is 6.04 Å². The number of hydrogen-bond donors (Lipinski definition) is 2. The fraction of sp³-hybridized carbons (Fsp3) is 0.350. The molecule has 4 rings (SSSR count). The summed E-state index contributed by atoms with van der Waals surface area (Å²) >= 11 is 0. The molecule has 0 bridgehead atoms. The second kappa shape index (κ2) is 7.77. The fourth-order valence-electron chi connectivity index (χ4n) is 3.84. The van der Waals surface area contributed by atoms with Gasteiger partial charge in [-0.2, -0.15) is 18.3 Å². The number of benzene rings is 1. The second-order valence-corrected chi connectivity index (χ2v) is 7.63. The third-order valence-electron chi connectivity index (χ3n) is 5.42. The highest BCUT2D eigenvalue weighted by molar-refractivity contribution is 6.06. The summed E-state index contributed by atoms with van der Waals surface area (Å²) in [4.78, 5) is 50.0. The van der Waals surface area contributed by atoms with Crippen LogP contribution in [0.4, 0.5) is 13.2 Å². The highest BCUT2D eigenvalue weighted by Gasteiger charge is 2.44. The maximum Gasteiger partial charge on any atom is 0.414 e. The summed E-state index contributed by atoms with van der Waals surface area (Å²) in [6, 6.07) is 1.97. The molecule has 0 saturated carbocycles. The van der Waals surface area contributed by atoms with Crippen LogP contribution in [0.15, 0.2) is 30.5 Å². The molecule has 4 amide bonds. The number of piperidine rings is 1. The van der Waals surface area contributed by atoms with Crippen LogP contribution in [0.2, 0.25) is 0 Å². The van der Waals surface area contributed by atoms with Gasteiger partial charge in [0.15, 0.2) is 6.04 Å². The Labute approximate surface area is 179 Å². The van der Waals surface area contributed by atoms with E-state index in [1.54, 1.807) is 0 Å². The van der Waals surface area contributed by atoms with Gasteiger partial charge < -0.3 is 10.2 Å². The fourth-order valence-corrected chi connectivity index (χ4v) is 3.84. The zero-order valence-corrected chi connectivity index (χ0v) is 16.8. The Morgan fingerprint density at radius 1 is 1.25 bits per heavy atom. The van der Waals surface area contributed by atoms with Crippen LogP contribution in [0.25, 0.3) is 0 Å². The Morgan fingerprint density at radius 3 is 2.62 bits per heavy atom. The number of hydrogen-bond acceptors (Lipinski definition) is 5. The van der Waals surface area contributed by atoms with Crippen molar-refractivity contribution < 1.29 is 32.3 Å². The highest BCUT2D eigenvalue weighted by atomic mass is 19.4. The van der Waals surface area contributed by atoms with E-state index in [-0.39, 0.29) is 36.2 Å². The van der Waals surface area contributed by atoms with Crippen LogP contribution >= 0.6 is 0 Å². The molecule has 12 heteroatoms. The van der Waals surface area contributed by atoms with Gasteiger partial charge in [0, 0.05) is 37.3 Å². The normalized spacial score (nSPS) is 19.6. The summed E-state index contributed by atoms with van der Waals surface area (Å²) in [7, 11) is 1.46. The Kier molecular flexibility index (Phi) is 5.23. The first kappa shape index (κ1) is 21.5. The number of amides is 4. The maximum atomic E-state index is 13.5. The van der Waals surface area contributed by atoms with Crippen LogP contribution in [0.1, 0.15) is 50.9 Å². The molecule has 2 aliphatic heterocycles. The summed E-state index contributed by atoms with van der Waals surface area (Å²) in [6.45, 7) is 0.00447. The molecule has 0 spiro atoms. The first-order valence-electron chi connectivity index (χ1n) is 9.69. The van der Waals surface area contributed by atoms with Crippen LogP contribution in [0.5, 0.6) is 0 Å². The highest BCUT2D eigenvalue weighted by Crippen LogP contribution is 2.33. The van der Waals surface area contributed by atoms with Crippen molar-refractivity contribution in [3.8, 4) is 0 Å². The molecule has 1 fully saturated rings. The zero-order chi connectivity index (χ0) is 23.2. The lowest BCUT2D eigenvalue weighted by Gasteiger charge is -2.29. The lowest BCUT2D eigenvalue weighted by molar-refractivity contribution is -0.156. The smallest absolute Gasteiger partial charge is 0.335 e. The monoisotopic (exact) mass is 449 g/mol. The SMILES string of the molecule is Cn1ccc([C@@H](NC(=O)c2ccc3c(c2)CN(C2CCC(=O)NC2=O)C3=O)C(F)(F)F)n1. The first-order chi connectivity index (χ1) is 15.0. The molecule has 3 heterocycles. The summed E-state index contributed by atoms with van der Waals surface area (Å²) in [5, 5.41) is 7.87. The topological polar surface area (TPSA) is 113 Å². The van der Waals surface area contributed by atoms with E-state index in [4.69, 9.17) is 0 Å². The predicted molar refractivity (Wildman–Crippen MR) is 102 cm³/mol. The number of fused-ring (bicyclic) bond motifs is 1. The zero-order valence-electron chi connectivity index (χ0n) is 16.8. The van der Waals surface area contributed by atoms with E-state index >= 15 is 0 Å². The molecule has 2 N–H and O–H groups in total. The number of carbonyl (C=O) groups is 4. The van der Waals surface area contributed by atoms with Crippen molar-refractivity contribution in [2.24, 2.45) is 7.05 Å². The largest absolute Gasteiger partial charge is 0.414 e. The molecule has 9 nitrogen and oxygen atoms in total. The van der Waals surface area contributed by atoms with Crippen LogP contribution in [-0.2, 0) is 23.2 Å². The average Bonchev–Trinajstić information content (AvgIpc) is 3.28. The molecule has 1 aromatic carbocycles. The number of nitrogens with one attached hydrogen (secondary N) is 2. The van der Waals surface area contributed by atoms with Crippen molar-refractivity contribution in [3.63, 3.8) is 0 Å². The van der Waals surface area contributed by atoms with E-state index < -0.39 is 41.9 Å². The van der Waals surface area contributed by atoms with E-state index in [0.717, 1.165) is 6.07 Å². The van der Waals surface area contributed by atoms with Crippen molar-refractivity contribution in [2.45, 2.75) is 37.6 Å². The number of nitrogens with zero attached hydrogens (tertiary/aromatic N) is 3. The van der Waals surface area contributed by atoms with Crippen molar-refractivity contribution in [1.29, 1.82) is 0 Å². The van der Waals surface area contributed by atoms with E-state index in [2.05, 4.69) is 10.4 Å². The molecule has 0 radical (unpaired) electrons. The second-order valence-electron chi connectivity index (χ2n) is 7.63. The minimum atomic E-state index is -4.76. The minimum Gasteiger partial charge on any atom is -0.335 e. The summed E-state index contributed by atoms with van der Waals surface area (Å²) in [5.74, 6) is -2.42. The molecule has 2 aromatic rings. The lowest BCUT2D eigenvalue weighted by Crippen LogP contribution is -2.52. The average molecular weight is 449 g/mol.